The zero-order valence-corrected chi connectivity index (χ0v) is 15.6. The molecule has 28 heavy (non-hydrogen) atoms. The van der Waals surface area contributed by atoms with Gasteiger partial charge in [0.05, 0.1) is 17.5 Å². The summed E-state index contributed by atoms with van der Waals surface area (Å²) >= 11 is 0. The van der Waals surface area contributed by atoms with E-state index in [1.165, 1.54) is 12.8 Å². The fraction of sp³-hybridized carbons (Fsp3) is 0.333. The van der Waals surface area contributed by atoms with Gasteiger partial charge in [-0.2, -0.15) is 5.26 Å². The molecule has 140 valence electrons. The molecule has 0 bridgehead atoms. The molecule has 5 rings (SSSR count). The van der Waals surface area contributed by atoms with Crippen molar-refractivity contribution in [2.24, 2.45) is 5.92 Å². The first-order chi connectivity index (χ1) is 13.8. The fourth-order valence-corrected chi connectivity index (χ4v) is 4.19. The van der Waals surface area contributed by atoms with Crippen molar-refractivity contribution in [1.82, 2.24) is 28.9 Å². The maximum Gasteiger partial charge on any atom is 0.160 e. The minimum atomic E-state index is 0.565. The second-order valence-corrected chi connectivity index (χ2v) is 7.50. The van der Waals surface area contributed by atoms with Crippen LogP contribution >= 0.6 is 0 Å². The summed E-state index contributed by atoms with van der Waals surface area (Å²) in [6.07, 6.45) is 9.17. The predicted molar refractivity (Wildman–Crippen MR) is 105 cm³/mol. The second kappa shape index (κ2) is 7.06. The maximum atomic E-state index is 9.17. The van der Waals surface area contributed by atoms with E-state index in [0.717, 1.165) is 48.9 Å². The third-order valence-electron chi connectivity index (χ3n) is 5.56. The summed E-state index contributed by atoms with van der Waals surface area (Å²) in [5.41, 5.74) is 3.57. The van der Waals surface area contributed by atoms with E-state index >= 15 is 0 Å². The third kappa shape index (κ3) is 3.12. The third-order valence-corrected chi connectivity index (χ3v) is 5.56. The molecule has 7 nitrogen and oxygen atoms in total. The van der Waals surface area contributed by atoms with Crippen LogP contribution in [0.15, 0.2) is 48.9 Å². The Bertz CT molecular complexity index is 1170. The first kappa shape index (κ1) is 16.9. The SMILES string of the molecule is N#Cc1ccc2ncc(CN3CCCC(Cc4nnc5ccccn45)C3)n2c1. The Morgan fingerprint density at radius 1 is 1.11 bits per heavy atom. The van der Waals surface area contributed by atoms with Crippen molar-refractivity contribution in [2.45, 2.75) is 25.8 Å². The number of nitrogens with zero attached hydrogens (tertiary/aromatic N) is 7. The van der Waals surface area contributed by atoms with Gasteiger partial charge in [-0.25, -0.2) is 4.98 Å². The van der Waals surface area contributed by atoms with Crippen molar-refractivity contribution in [3.8, 4) is 6.07 Å². The number of imidazole rings is 1. The monoisotopic (exact) mass is 371 g/mol. The number of piperidine rings is 1. The molecule has 1 atom stereocenters. The van der Waals surface area contributed by atoms with Crippen molar-refractivity contribution < 1.29 is 0 Å². The van der Waals surface area contributed by atoms with E-state index in [1.54, 1.807) is 0 Å². The molecule has 4 aromatic heterocycles. The summed E-state index contributed by atoms with van der Waals surface area (Å²) in [7, 11) is 0. The molecule has 0 radical (unpaired) electrons. The van der Waals surface area contributed by atoms with Crippen LogP contribution in [0.1, 0.15) is 29.9 Å². The summed E-state index contributed by atoms with van der Waals surface area (Å²) in [4.78, 5) is 6.96. The molecule has 1 saturated heterocycles. The number of rotatable bonds is 4. The average molecular weight is 371 g/mol. The lowest BCUT2D eigenvalue weighted by Crippen LogP contribution is -2.36. The van der Waals surface area contributed by atoms with Gasteiger partial charge >= 0.3 is 0 Å². The van der Waals surface area contributed by atoms with Crippen molar-refractivity contribution >= 4 is 11.3 Å². The van der Waals surface area contributed by atoms with Gasteiger partial charge in [0, 0.05) is 31.9 Å². The molecule has 1 unspecified atom stereocenters. The van der Waals surface area contributed by atoms with Crippen molar-refractivity contribution in [2.75, 3.05) is 13.1 Å². The standard InChI is InChI=1S/C21H21N7/c22-11-17-6-7-19-23-12-18(28(19)14-17)15-26-8-3-4-16(13-26)10-21-25-24-20-5-1-2-9-27(20)21/h1-2,5-7,9,12,14,16H,3-4,8,10,13,15H2. The molecule has 0 spiro atoms. The van der Waals surface area contributed by atoms with E-state index in [9.17, 15) is 5.26 Å². The fourth-order valence-electron chi connectivity index (χ4n) is 4.19. The van der Waals surface area contributed by atoms with Crippen LogP contribution in [0.25, 0.3) is 11.3 Å². The van der Waals surface area contributed by atoms with Crippen molar-refractivity contribution in [3.63, 3.8) is 0 Å². The van der Waals surface area contributed by atoms with E-state index in [-0.39, 0.29) is 0 Å². The molecule has 0 aromatic carbocycles. The lowest BCUT2D eigenvalue weighted by molar-refractivity contribution is 0.163. The molecule has 0 saturated carbocycles. The Balaban J connectivity index is 1.32. The number of hydrogen-bond donors (Lipinski definition) is 0. The van der Waals surface area contributed by atoms with Crippen LogP contribution < -0.4 is 0 Å². The number of aromatic nitrogens is 5. The summed E-state index contributed by atoms with van der Waals surface area (Å²) in [5, 5.41) is 17.8. The quantitative estimate of drug-likeness (QED) is 0.551. The highest BCUT2D eigenvalue weighted by molar-refractivity contribution is 5.44. The Morgan fingerprint density at radius 2 is 2.07 bits per heavy atom. The molecule has 0 aliphatic carbocycles. The molecular formula is C21H21N7. The highest BCUT2D eigenvalue weighted by atomic mass is 15.2. The van der Waals surface area contributed by atoms with Gasteiger partial charge in [-0.15, -0.1) is 10.2 Å². The van der Waals surface area contributed by atoms with E-state index in [4.69, 9.17) is 0 Å². The average Bonchev–Trinajstić information content (AvgIpc) is 3.32. The first-order valence-electron chi connectivity index (χ1n) is 9.67. The van der Waals surface area contributed by atoms with Gasteiger partial charge in [0.15, 0.2) is 5.65 Å². The van der Waals surface area contributed by atoms with Gasteiger partial charge in [0.1, 0.15) is 17.5 Å². The number of likely N-dealkylation sites (tertiary alicyclic amines) is 1. The van der Waals surface area contributed by atoms with Crippen LogP contribution in [0.2, 0.25) is 0 Å². The maximum absolute atomic E-state index is 9.17. The normalized spacial score (nSPS) is 17.9. The van der Waals surface area contributed by atoms with Gasteiger partial charge in [-0.05, 0) is 49.6 Å². The topological polar surface area (TPSA) is 74.5 Å². The summed E-state index contributed by atoms with van der Waals surface area (Å²) in [6, 6.07) is 11.9. The largest absolute Gasteiger partial charge is 0.301 e. The highest BCUT2D eigenvalue weighted by Crippen LogP contribution is 2.22. The van der Waals surface area contributed by atoms with E-state index in [2.05, 4.69) is 30.6 Å². The summed E-state index contributed by atoms with van der Waals surface area (Å²) in [6.45, 7) is 2.96. The van der Waals surface area contributed by atoms with E-state index < -0.39 is 0 Å². The lowest BCUT2D eigenvalue weighted by atomic mass is 9.94. The van der Waals surface area contributed by atoms with E-state index in [1.807, 2.05) is 53.3 Å². The Kier molecular flexibility index (Phi) is 4.26. The molecule has 1 fully saturated rings. The van der Waals surface area contributed by atoms with Gasteiger partial charge in [0.2, 0.25) is 0 Å². The zero-order chi connectivity index (χ0) is 18.9. The minimum absolute atomic E-state index is 0.565. The van der Waals surface area contributed by atoms with Crippen LogP contribution in [0.4, 0.5) is 0 Å². The van der Waals surface area contributed by atoms with Gasteiger partial charge in [-0.1, -0.05) is 6.07 Å². The first-order valence-corrected chi connectivity index (χ1v) is 9.67. The lowest BCUT2D eigenvalue weighted by Gasteiger charge is -2.32. The van der Waals surface area contributed by atoms with Crippen LogP contribution in [-0.4, -0.2) is 42.0 Å². The Labute approximate surface area is 162 Å². The number of fused-ring (bicyclic) bond motifs is 2. The van der Waals surface area contributed by atoms with Crippen LogP contribution in [0.5, 0.6) is 0 Å². The molecule has 5 heterocycles. The molecule has 4 aromatic rings. The molecule has 0 N–H and O–H groups in total. The Morgan fingerprint density at radius 3 is 3.00 bits per heavy atom. The second-order valence-electron chi connectivity index (χ2n) is 7.50. The van der Waals surface area contributed by atoms with Crippen LogP contribution in [0.3, 0.4) is 0 Å². The number of hydrogen-bond acceptors (Lipinski definition) is 5. The Hall–Kier alpha value is -3.24. The zero-order valence-electron chi connectivity index (χ0n) is 15.6. The van der Waals surface area contributed by atoms with Gasteiger partial charge < -0.3 is 4.40 Å². The predicted octanol–water partition coefficient (Wildman–Crippen LogP) is 2.70. The van der Waals surface area contributed by atoms with Crippen molar-refractivity contribution in [3.05, 3.63) is 66.0 Å². The molecule has 7 heteroatoms. The smallest absolute Gasteiger partial charge is 0.160 e. The van der Waals surface area contributed by atoms with Crippen LogP contribution in [0, 0.1) is 17.2 Å². The molecular weight excluding hydrogens is 350 g/mol. The molecule has 0 amide bonds. The van der Waals surface area contributed by atoms with Gasteiger partial charge in [-0.3, -0.25) is 9.30 Å². The van der Waals surface area contributed by atoms with Crippen molar-refractivity contribution in [1.29, 1.82) is 5.26 Å². The molecule has 1 aliphatic heterocycles. The highest BCUT2D eigenvalue weighted by Gasteiger charge is 2.23. The number of pyridine rings is 2. The number of nitriles is 1. The van der Waals surface area contributed by atoms with E-state index in [0.29, 0.717) is 11.5 Å². The van der Waals surface area contributed by atoms with Gasteiger partial charge in [0.25, 0.3) is 0 Å². The minimum Gasteiger partial charge on any atom is -0.301 e. The van der Waals surface area contributed by atoms with Crippen LogP contribution in [-0.2, 0) is 13.0 Å². The summed E-state index contributed by atoms with van der Waals surface area (Å²) in [5.74, 6) is 1.60. The molecule has 1 aliphatic rings. The summed E-state index contributed by atoms with van der Waals surface area (Å²) < 4.78 is 4.13.